The number of piperidine rings is 1. The smallest absolute Gasteiger partial charge is 0.406 e. The van der Waals surface area contributed by atoms with Crippen molar-refractivity contribution in [3.63, 3.8) is 0 Å². The van der Waals surface area contributed by atoms with E-state index in [1.165, 1.54) is 32.4 Å². The lowest BCUT2D eigenvalue weighted by Gasteiger charge is -2.37. The van der Waals surface area contributed by atoms with Gasteiger partial charge in [0.1, 0.15) is 23.6 Å². The maximum Gasteiger partial charge on any atom is 0.406 e. The van der Waals surface area contributed by atoms with E-state index in [0.29, 0.717) is 31.7 Å². The van der Waals surface area contributed by atoms with E-state index in [-0.39, 0.29) is 52.0 Å². The first-order valence-corrected chi connectivity index (χ1v) is 14.4. The number of ether oxygens (including phenoxy) is 1. The number of nitrogens with zero attached hydrogens (tertiary/aromatic N) is 3. The average Bonchev–Trinajstić information content (AvgIpc) is 3.36. The van der Waals surface area contributed by atoms with Gasteiger partial charge in [-0.1, -0.05) is 18.8 Å². The number of alkyl halides is 3. The molecule has 2 heterocycles. The van der Waals surface area contributed by atoms with Crippen LogP contribution in [0.2, 0.25) is 0 Å². The minimum Gasteiger partial charge on any atom is -0.494 e. The van der Waals surface area contributed by atoms with Gasteiger partial charge in [0, 0.05) is 44.4 Å². The number of likely N-dealkylation sites (tertiary alicyclic amines) is 1. The lowest BCUT2D eigenvalue weighted by atomic mass is 9.93. The number of anilines is 1. The van der Waals surface area contributed by atoms with Crippen LogP contribution in [0.5, 0.6) is 5.75 Å². The summed E-state index contributed by atoms with van der Waals surface area (Å²) in [4.78, 5) is 31.8. The van der Waals surface area contributed by atoms with Crippen LogP contribution in [0.25, 0.3) is 11.0 Å². The molecule has 3 atom stereocenters. The van der Waals surface area contributed by atoms with Gasteiger partial charge in [-0.25, -0.2) is 9.37 Å². The van der Waals surface area contributed by atoms with Crippen molar-refractivity contribution in [3.05, 3.63) is 53.1 Å². The maximum absolute atomic E-state index is 14.3. The highest BCUT2D eigenvalue weighted by Crippen LogP contribution is 2.28. The molecular weight excluding hydrogens is 596 g/mol. The summed E-state index contributed by atoms with van der Waals surface area (Å²) in [5, 5.41) is 18.1. The van der Waals surface area contributed by atoms with Gasteiger partial charge in [0.05, 0.1) is 48.4 Å². The average molecular weight is 633 g/mol. The third-order valence-corrected chi connectivity index (χ3v) is 7.51. The Hall–Kier alpha value is -4.35. The number of aliphatic hydroxyl groups excluding tert-OH is 1. The van der Waals surface area contributed by atoms with Gasteiger partial charge in [0.2, 0.25) is 0 Å². The molecule has 0 spiro atoms. The van der Waals surface area contributed by atoms with Gasteiger partial charge in [-0.15, -0.1) is 0 Å². The van der Waals surface area contributed by atoms with Crippen LogP contribution in [0, 0.1) is 23.6 Å². The first-order chi connectivity index (χ1) is 21.3. The molecule has 0 unspecified atom stereocenters. The lowest BCUT2D eigenvalue weighted by Crippen LogP contribution is -2.51. The molecule has 1 aliphatic rings. The predicted molar refractivity (Wildman–Crippen MR) is 161 cm³/mol. The molecule has 1 fully saturated rings. The molecule has 2 aromatic carbocycles. The Labute approximate surface area is 258 Å². The van der Waals surface area contributed by atoms with Gasteiger partial charge < -0.3 is 35.3 Å². The summed E-state index contributed by atoms with van der Waals surface area (Å²) < 4.78 is 60.4. The van der Waals surface area contributed by atoms with Crippen LogP contribution in [0.3, 0.4) is 0 Å². The normalized spacial score (nSPS) is 17.7. The Morgan fingerprint density at radius 1 is 1.20 bits per heavy atom. The minimum atomic E-state index is -4.52. The first kappa shape index (κ1) is 33.5. The van der Waals surface area contributed by atoms with E-state index in [4.69, 9.17) is 4.74 Å². The molecule has 0 saturated carbocycles. The molecular formula is C31H36F4N6O4. The van der Waals surface area contributed by atoms with Crippen molar-refractivity contribution in [2.45, 2.75) is 45.1 Å². The highest BCUT2D eigenvalue weighted by molar-refractivity contribution is 6.05. The van der Waals surface area contributed by atoms with Gasteiger partial charge in [-0.05, 0) is 37.5 Å². The number of carbonyl (C=O) groups excluding carboxylic acids is 2. The number of imidazole rings is 1. The van der Waals surface area contributed by atoms with Crippen LogP contribution < -0.4 is 20.7 Å². The third-order valence-electron chi connectivity index (χ3n) is 7.51. The van der Waals surface area contributed by atoms with Crippen molar-refractivity contribution in [3.8, 4) is 17.6 Å². The molecule has 1 saturated heterocycles. The van der Waals surface area contributed by atoms with E-state index in [0.717, 1.165) is 17.0 Å². The van der Waals surface area contributed by atoms with E-state index in [9.17, 15) is 32.3 Å². The Morgan fingerprint density at radius 2 is 1.96 bits per heavy atom. The molecule has 10 nitrogen and oxygen atoms in total. The molecule has 45 heavy (non-hydrogen) atoms. The number of β-amino-alcohol motifs (C(OH)–C–C–N with tert-alkyl or cyclic N) is 1. The van der Waals surface area contributed by atoms with E-state index in [1.54, 1.807) is 6.92 Å². The van der Waals surface area contributed by atoms with Crippen molar-refractivity contribution >= 4 is 28.5 Å². The molecule has 3 aromatic rings. The second-order valence-corrected chi connectivity index (χ2v) is 11.1. The lowest BCUT2D eigenvalue weighted by molar-refractivity contribution is -0.140. The van der Waals surface area contributed by atoms with Crippen LogP contribution in [-0.4, -0.2) is 90.0 Å². The van der Waals surface area contributed by atoms with Crippen molar-refractivity contribution in [1.82, 2.24) is 25.1 Å². The molecule has 4 N–H and O–H groups in total. The fraction of sp³-hybridized carbons (Fsp3) is 0.452. The van der Waals surface area contributed by atoms with Crippen molar-refractivity contribution in [1.29, 1.82) is 0 Å². The van der Waals surface area contributed by atoms with Crippen LogP contribution >= 0.6 is 0 Å². The van der Waals surface area contributed by atoms with E-state index < -0.39 is 36.5 Å². The van der Waals surface area contributed by atoms with Gasteiger partial charge >= 0.3 is 6.18 Å². The fourth-order valence-electron chi connectivity index (χ4n) is 5.42. The van der Waals surface area contributed by atoms with Gasteiger partial charge in [-0.2, -0.15) is 13.2 Å². The molecule has 1 aliphatic heterocycles. The van der Waals surface area contributed by atoms with Gasteiger partial charge in [0.15, 0.2) is 0 Å². The highest BCUT2D eigenvalue weighted by atomic mass is 19.4. The van der Waals surface area contributed by atoms with E-state index >= 15 is 0 Å². The van der Waals surface area contributed by atoms with E-state index in [2.05, 4.69) is 37.7 Å². The summed E-state index contributed by atoms with van der Waals surface area (Å²) in [5.74, 6) is 4.08. The summed E-state index contributed by atoms with van der Waals surface area (Å²) in [6, 6.07) is 5.11. The zero-order valence-corrected chi connectivity index (χ0v) is 25.4. The van der Waals surface area contributed by atoms with Crippen LogP contribution in [0.1, 0.15) is 46.5 Å². The number of hydrogen-bond donors (Lipinski definition) is 4. The largest absolute Gasteiger partial charge is 0.494 e. The number of carbonyl (C=O) groups is 2. The number of hydrogen-bond acceptors (Lipinski definition) is 7. The Balaban J connectivity index is 1.60. The topological polar surface area (TPSA) is 121 Å². The number of fused-ring (bicyclic) bond motifs is 1. The number of halogens is 4. The predicted octanol–water partition coefficient (Wildman–Crippen LogP) is 3.39. The standard InChI is InChI=1S/C31H36F4N6O4/c1-18-14-40(15-19(2)42)9-7-24(18)39-30(44)22-10-20(11-26-28(22)38-17-41(26)16-31(33,34)35)6-5-8-37-25-12-21(29(43)36-3)23(32)13-27(25)45-4/h10-13,17-19,24,37,42H,7-9,14-16H2,1-4H3,(H,36,43)(H,39,44)/t18-,19+,24-/m0/s1. The fourth-order valence-corrected chi connectivity index (χ4v) is 5.42. The number of nitrogens with one attached hydrogen (secondary N) is 3. The zero-order valence-electron chi connectivity index (χ0n) is 25.4. The SMILES string of the molecule is CNC(=O)c1cc(NCC#Cc2cc(C(=O)N[C@H]3CCN(C[C@@H](C)O)C[C@@H]3C)c3ncn(CC(F)(F)F)c3c2)c(OC)cc1F. The van der Waals surface area contributed by atoms with E-state index in [1.807, 2.05) is 6.92 Å². The first-order valence-electron chi connectivity index (χ1n) is 14.4. The monoisotopic (exact) mass is 632 g/mol. The summed E-state index contributed by atoms with van der Waals surface area (Å²) in [6.07, 6.45) is -3.29. The second-order valence-electron chi connectivity index (χ2n) is 11.1. The number of benzene rings is 2. The summed E-state index contributed by atoms with van der Waals surface area (Å²) in [7, 11) is 2.72. The number of rotatable bonds is 9. The van der Waals surface area contributed by atoms with Crippen LogP contribution in [0.15, 0.2) is 30.6 Å². The maximum atomic E-state index is 14.3. The number of aromatic nitrogens is 2. The molecule has 2 amide bonds. The molecule has 0 radical (unpaired) electrons. The highest BCUT2D eigenvalue weighted by Gasteiger charge is 2.31. The minimum absolute atomic E-state index is 0.000891. The Bertz CT molecular complexity index is 1610. The quantitative estimate of drug-likeness (QED) is 0.211. The summed E-state index contributed by atoms with van der Waals surface area (Å²) in [6.45, 7) is 4.30. The number of amides is 2. The second kappa shape index (κ2) is 14.2. The summed E-state index contributed by atoms with van der Waals surface area (Å²) in [5.41, 5.74) is 0.717. The molecule has 0 aliphatic carbocycles. The van der Waals surface area contributed by atoms with Crippen molar-refractivity contribution in [2.24, 2.45) is 5.92 Å². The number of methoxy groups -OCH3 is 1. The molecule has 242 valence electrons. The zero-order chi connectivity index (χ0) is 32.9. The van der Waals surface area contributed by atoms with Gasteiger partial charge in [-0.3, -0.25) is 9.59 Å². The van der Waals surface area contributed by atoms with Gasteiger partial charge in [0.25, 0.3) is 11.8 Å². The van der Waals surface area contributed by atoms with Crippen LogP contribution in [0.4, 0.5) is 23.2 Å². The van der Waals surface area contributed by atoms with Crippen LogP contribution in [-0.2, 0) is 6.54 Å². The van der Waals surface area contributed by atoms with Crippen molar-refractivity contribution in [2.75, 3.05) is 45.7 Å². The summed E-state index contributed by atoms with van der Waals surface area (Å²) >= 11 is 0. The number of aliphatic hydroxyl groups is 1. The molecule has 0 bridgehead atoms. The molecule has 1 aromatic heterocycles. The Kier molecular flexibility index (Phi) is 10.6. The van der Waals surface area contributed by atoms with Crippen molar-refractivity contribution < 1.29 is 37.0 Å². The molecule has 14 heteroatoms. The molecule has 4 rings (SSSR count). The Morgan fingerprint density at radius 3 is 2.60 bits per heavy atom. The third kappa shape index (κ3) is 8.43.